The lowest BCUT2D eigenvalue weighted by Crippen LogP contribution is -2.62. The molecule has 1 saturated heterocycles. The van der Waals surface area contributed by atoms with Gasteiger partial charge in [-0.1, -0.05) is 108 Å². The van der Waals surface area contributed by atoms with Crippen LogP contribution in [-0.4, -0.2) is 53.5 Å². The second-order valence-electron chi connectivity index (χ2n) is 11.6. The van der Waals surface area contributed by atoms with E-state index in [0.29, 0.717) is 0 Å². The van der Waals surface area contributed by atoms with E-state index in [1.54, 1.807) is 30.3 Å². The SMILES string of the molecule is CC(=O)CCC(=O)O[C@H]1[C@H](OCc2ccccc2)[C@@H](C(=O)OCc2ccccc2)OC(Sc2ccc(C)cc2)[C@@H]1OC(=O)c1ccccc1. The Morgan fingerprint density at radius 1 is 0.673 bits per heavy atom. The number of benzene rings is 4. The summed E-state index contributed by atoms with van der Waals surface area (Å²) in [5, 5.41) is 0. The Morgan fingerprint density at radius 2 is 1.27 bits per heavy atom. The molecule has 0 spiro atoms. The van der Waals surface area contributed by atoms with Crippen molar-refractivity contribution in [1.29, 1.82) is 0 Å². The molecule has 1 unspecified atom stereocenters. The highest BCUT2D eigenvalue weighted by Gasteiger charge is 2.54. The first-order chi connectivity index (χ1) is 23.8. The second kappa shape index (κ2) is 17.6. The zero-order valence-corrected chi connectivity index (χ0v) is 28.1. The summed E-state index contributed by atoms with van der Waals surface area (Å²) in [5.41, 5.74) is 1.83. The molecule has 0 saturated carbocycles. The normalized spacial score (nSPS) is 20.2. The van der Waals surface area contributed by atoms with Crippen LogP contribution < -0.4 is 0 Å². The van der Waals surface area contributed by atoms with E-state index < -0.39 is 47.8 Å². The number of Topliss-reactive ketones (excluding diaryl/α,β-unsaturated/α-hetero) is 1. The fourth-order valence-electron chi connectivity index (χ4n) is 5.12. The van der Waals surface area contributed by atoms with Gasteiger partial charge in [0, 0.05) is 11.3 Å². The molecule has 4 aromatic rings. The number of thioether (sulfide) groups is 1. The summed E-state index contributed by atoms with van der Waals surface area (Å²) in [6, 6.07) is 34.4. The predicted molar refractivity (Wildman–Crippen MR) is 182 cm³/mol. The standard InChI is InChI=1S/C39H38O9S/c1-26-18-21-31(22-19-26)49-39-36(47-37(42)30-16-10-5-11-17-30)34(46-32(41)23-20-27(2)40)33(44-24-28-12-6-3-7-13-28)35(48-39)38(43)45-25-29-14-8-4-9-15-29/h3-19,21-22,33-36,39H,20,23-25H2,1-2H3/t33-,34-,35-,36+,39?/m0/s1. The Labute approximate surface area is 289 Å². The topological polar surface area (TPSA) is 114 Å². The maximum Gasteiger partial charge on any atom is 0.338 e. The van der Waals surface area contributed by atoms with Gasteiger partial charge in [-0.2, -0.15) is 0 Å². The zero-order chi connectivity index (χ0) is 34.6. The first kappa shape index (κ1) is 35.5. The molecule has 0 amide bonds. The Bertz CT molecular complexity index is 1680. The van der Waals surface area contributed by atoms with Gasteiger partial charge in [0.15, 0.2) is 18.3 Å². The van der Waals surface area contributed by atoms with Gasteiger partial charge in [0.05, 0.1) is 18.6 Å². The zero-order valence-electron chi connectivity index (χ0n) is 27.3. The molecular formula is C39H38O9S. The molecule has 0 N–H and O–H groups in total. The monoisotopic (exact) mass is 682 g/mol. The molecular weight excluding hydrogens is 644 g/mol. The van der Waals surface area contributed by atoms with E-state index >= 15 is 0 Å². The second-order valence-corrected chi connectivity index (χ2v) is 12.8. The van der Waals surface area contributed by atoms with Crippen molar-refractivity contribution >= 4 is 35.5 Å². The maximum atomic E-state index is 13.9. The van der Waals surface area contributed by atoms with Crippen LogP contribution in [0.1, 0.15) is 46.8 Å². The summed E-state index contributed by atoms with van der Waals surface area (Å²) in [4.78, 5) is 53.3. The number of carbonyl (C=O) groups excluding carboxylic acids is 4. The number of esters is 3. The summed E-state index contributed by atoms with van der Waals surface area (Å²) < 4.78 is 30.7. The molecule has 5 rings (SSSR count). The van der Waals surface area contributed by atoms with Crippen molar-refractivity contribution in [2.24, 2.45) is 0 Å². The van der Waals surface area contributed by atoms with Crippen LogP contribution in [0, 0.1) is 6.92 Å². The van der Waals surface area contributed by atoms with Crippen LogP contribution in [0.5, 0.6) is 0 Å². The largest absolute Gasteiger partial charge is 0.459 e. The van der Waals surface area contributed by atoms with Gasteiger partial charge >= 0.3 is 17.9 Å². The van der Waals surface area contributed by atoms with Crippen LogP contribution in [0.4, 0.5) is 0 Å². The molecule has 0 aromatic heterocycles. The average molecular weight is 683 g/mol. The number of hydrogen-bond donors (Lipinski definition) is 0. The van der Waals surface area contributed by atoms with Crippen molar-refractivity contribution in [3.05, 3.63) is 138 Å². The summed E-state index contributed by atoms with van der Waals surface area (Å²) in [7, 11) is 0. The minimum atomic E-state index is -1.38. The molecule has 0 bridgehead atoms. The number of ketones is 1. The van der Waals surface area contributed by atoms with Crippen LogP contribution >= 0.6 is 11.8 Å². The van der Waals surface area contributed by atoms with Crippen molar-refractivity contribution in [3.8, 4) is 0 Å². The summed E-state index contributed by atoms with van der Waals surface area (Å²) in [6.07, 6.45) is -5.45. The predicted octanol–water partition coefficient (Wildman–Crippen LogP) is 6.65. The first-order valence-corrected chi connectivity index (χ1v) is 16.8. The van der Waals surface area contributed by atoms with Crippen LogP contribution in [-0.2, 0) is 51.3 Å². The molecule has 1 aliphatic heterocycles. The van der Waals surface area contributed by atoms with Gasteiger partial charge in [-0.3, -0.25) is 4.79 Å². The number of carbonyl (C=O) groups is 4. The van der Waals surface area contributed by atoms with Crippen molar-refractivity contribution < 1.29 is 42.9 Å². The van der Waals surface area contributed by atoms with Crippen LogP contribution in [0.2, 0.25) is 0 Å². The van der Waals surface area contributed by atoms with Crippen molar-refractivity contribution in [1.82, 2.24) is 0 Å². The Morgan fingerprint density at radius 3 is 1.88 bits per heavy atom. The van der Waals surface area contributed by atoms with Gasteiger partial charge in [0.2, 0.25) is 0 Å². The van der Waals surface area contributed by atoms with Gasteiger partial charge in [-0.15, -0.1) is 0 Å². The van der Waals surface area contributed by atoms with Crippen LogP contribution in [0.3, 0.4) is 0 Å². The highest BCUT2D eigenvalue weighted by molar-refractivity contribution is 7.99. The molecule has 5 atom stereocenters. The lowest BCUT2D eigenvalue weighted by molar-refractivity contribution is -0.235. The number of ether oxygens (including phenoxy) is 5. The van der Waals surface area contributed by atoms with E-state index in [2.05, 4.69) is 0 Å². The third kappa shape index (κ3) is 10.4. The molecule has 49 heavy (non-hydrogen) atoms. The Balaban J connectivity index is 1.53. The lowest BCUT2D eigenvalue weighted by atomic mass is 9.98. The molecule has 0 aliphatic carbocycles. The molecule has 9 nitrogen and oxygen atoms in total. The van der Waals surface area contributed by atoms with Crippen LogP contribution in [0.15, 0.2) is 120 Å². The molecule has 1 fully saturated rings. The molecule has 10 heteroatoms. The van der Waals surface area contributed by atoms with Gasteiger partial charge in [-0.05, 0) is 49.2 Å². The lowest BCUT2D eigenvalue weighted by Gasteiger charge is -2.44. The van der Waals surface area contributed by atoms with E-state index in [4.69, 9.17) is 23.7 Å². The molecule has 254 valence electrons. The Hall–Kier alpha value is -4.77. The number of rotatable bonds is 14. The van der Waals surface area contributed by atoms with E-state index in [1.165, 1.54) is 18.7 Å². The fourth-order valence-corrected chi connectivity index (χ4v) is 6.20. The van der Waals surface area contributed by atoms with Gasteiger partial charge < -0.3 is 28.5 Å². The maximum absolute atomic E-state index is 13.9. The summed E-state index contributed by atoms with van der Waals surface area (Å²) >= 11 is 1.21. The minimum Gasteiger partial charge on any atom is -0.459 e. The number of hydrogen-bond acceptors (Lipinski definition) is 10. The van der Waals surface area contributed by atoms with Gasteiger partial charge in [0.1, 0.15) is 23.9 Å². The first-order valence-electron chi connectivity index (χ1n) is 16.0. The van der Waals surface area contributed by atoms with Crippen molar-refractivity contribution in [3.63, 3.8) is 0 Å². The highest BCUT2D eigenvalue weighted by Crippen LogP contribution is 2.38. The van der Waals surface area contributed by atoms with Crippen molar-refractivity contribution in [2.45, 2.75) is 74.7 Å². The minimum absolute atomic E-state index is 0.0218. The van der Waals surface area contributed by atoms with E-state index in [-0.39, 0.29) is 37.4 Å². The number of aryl methyl sites for hydroxylation is 1. The Kier molecular flexibility index (Phi) is 12.7. The third-order valence-electron chi connectivity index (χ3n) is 7.71. The third-order valence-corrected chi connectivity index (χ3v) is 8.87. The molecule has 1 heterocycles. The summed E-state index contributed by atoms with van der Waals surface area (Å²) in [6.45, 7) is 3.33. The summed E-state index contributed by atoms with van der Waals surface area (Å²) in [5.74, 6) is -2.33. The quantitative estimate of drug-likeness (QED) is 0.106. The average Bonchev–Trinajstić information content (AvgIpc) is 3.12. The van der Waals surface area contributed by atoms with Crippen LogP contribution in [0.25, 0.3) is 0 Å². The molecule has 4 aromatic carbocycles. The highest BCUT2D eigenvalue weighted by atomic mass is 32.2. The molecule has 0 radical (unpaired) electrons. The van der Waals surface area contributed by atoms with Gasteiger partial charge in [-0.25, -0.2) is 9.59 Å². The van der Waals surface area contributed by atoms with Crippen molar-refractivity contribution in [2.75, 3.05) is 0 Å². The van der Waals surface area contributed by atoms with E-state index in [9.17, 15) is 19.2 Å². The van der Waals surface area contributed by atoms with E-state index in [0.717, 1.165) is 21.6 Å². The van der Waals surface area contributed by atoms with Gasteiger partial charge in [0.25, 0.3) is 0 Å². The fraction of sp³-hybridized carbons (Fsp3) is 0.282. The van der Waals surface area contributed by atoms with E-state index in [1.807, 2.05) is 91.9 Å². The molecule has 1 aliphatic rings. The smallest absolute Gasteiger partial charge is 0.338 e.